The van der Waals surface area contributed by atoms with Crippen LogP contribution >= 0.6 is 23.5 Å². The van der Waals surface area contributed by atoms with Crippen molar-refractivity contribution in [2.45, 2.75) is 43.7 Å². The topological polar surface area (TPSA) is 78.9 Å². The van der Waals surface area contributed by atoms with E-state index in [0.29, 0.717) is 4.24 Å². The second kappa shape index (κ2) is 5.69. The lowest BCUT2D eigenvalue weighted by Gasteiger charge is -2.22. The summed E-state index contributed by atoms with van der Waals surface area (Å²) in [6, 6.07) is 0. The number of carbonyl (C=O) groups is 3. The van der Waals surface area contributed by atoms with Crippen molar-refractivity contribution in [2.24, 2.45) is 0 Å². The van der Waals surface area contributed by atoms with E-state index in [1.54, 1.807) is 13.8 Å². The average Bonchev–Trinajstić information content (AvgIpc) is 2.69. The number of ether oxygens (including phenoxy) is 3. The Morgan fingerprint density at radius 1 is 1.30 bits per heavy atom. The molecule has 0 N–H and O–H groups in total. The molecule has 6 nitrogen and oxygen atoms in total. The average molecular weight is 318 g/mol. The molecule has 0 bridgehead atoms. The Morgan fingerprint density at radius 3 is 2.35 bits per heavy atom. The third kappa shape index (κ3) is 3.92. The summed E-state index contributed by atoms with van der Waals surface area (Å²) in [6.07, 6.45) is 0.796. The van der Waals surface area contributed by atoms with Gasteiger partial charge in [-0.15, -0.1) is 0 Å². The molecule has 2 aliphatic heterocycles. The summed E-state index contributed by atoms with van der Waals surface area (Å²) in [5.41, 5.74) is -1.68. The molecule has 0 amide bonds. The lowest BCUT2D eigenvalue weighted by molar-refractivity contribution is -0.151. The SMILES string of the molecule is CC(=O)CC(C)(C)OC(=O)C=C1SC2OC(=O)OC2S1. The molecule has 0 spiro atoms. The molecule has 8 heteroatoms. The van der Waals surface area contributed by atoms with E-state index in [1.165, 1.54) is 36.5 Å². The Hall–Kier alpha value is -1.15. The molecule has 2 saturated heterocycles. The first kappa shape index (κ1) is 15.2. The minimum atomic E-state index is -0.841. The van der Waals surface area contributed by atoms with Gasteiger partial charge in [-0.2, -0.15) is 0 Å². The fourth-order valence-corrected chi connectivity index (χ4v) is 4.34. The van der Waals surface area contributed by atoms with Gasteiger partial charge in [0.2, 0.25) is 10.9 Å². The highest BCUT2D eigenvalue weighted by molar-refractivity contribution is 8.25. The van der Waals surface area contributed by atoms with Crippen LogP contribution in [0.15, 0.2) is 10.3 Å². The molecule has 2 unspecified atom stereocenters. The van der Waals surface area contributed by atoms with Gasteiger partial charge in [-0.3, -0.25) is 4.79 Å². The summed E-state index contributed by atoms with van der Waals surface area (Å²) in [4.78, 5) is 33.7. The van der Waals surface area contributed by atoms with Gasteiger partial charge in [-0.1, -0.05) is 23.5 Å². The largest absolute Gasteiger partial charge is 0.510 e. The molecule has 2 rings (SSSR count). The minimum absolute atomic E-state index is 0.0464. The quantitative estimate of drug-likeness (QED) is 0.577. The second-order valence-electron chi connectivity index (χ2n) is 4.98. The van der Waals surface area contributed by atoms with Crippen molar-refractivity contribution in [2.75, 3.05) is 0 Å². The zero-order valence-corrected chi connectivity index (χ0v) is 12.8. The Morgan fingerprint density at radius 2 is 1.85 bits per heavy atom. The number of fused-ring (bicyclic) bond motifs is 1. The summed E-state index contributed by atoms with van der Waals surface area (Å²) in [5.74, 6) is -0.576. The Balaban J connectivity index is 1.90. The van der Waals surface area contributed by atoms with Crippen LogP contribution in [-0.2, 0) is 23.8 Å². The molecule has 0 aromatic rings. The fraction of sp³-hybridized carbons (Fsp3) is 0.583. The molecule has 2 fully saturated rings. The van der Waals surface area contributed by atoms with Crippen LogP contribution in [0.5, 0.6) is 0 Å². The number of esters is 1. The molecule has 2 aliphatic rings. The van der Waals surface area contributed by atoms with E-state index in [1.807, 2.05) is 0 Å². The summed E-state index contributed by atoms with van der Waals surface area (Å²) in [6.45, 7) is 4.81. The van der Waals surface area contributed by atoms with E-state index in [0.717, 1.165) is 0 Å². The number of thioether (sulfide) groups is 2. The van der Waals surface area contributed by atoms with Crippen LogP contribution in [-0.4, -0.2) is 34.4 Å². The molecule has 0 radical (unpaired) electrons. The van der Waals surface area contributed by atoms with Crippen molar-refractivity contribution >= 4 is 41.4 Å². The van der Waals surface area contributed by atoms with Crippen molar-refractivity contribution in [3.8, 4) is 0 Å². The summed E-state index contributed by atoms with van der Waals surface area (Å²) in [5, 5.41) is 0. The van der Waals surface area contributed by atoms with Crippen LogP contribution in [0, 0.1) is 0 Å². The van der Waals surface area contributed by atoms with Crippen molar-refractivity contribution in [1.82, 2.24) is 0 Å². The standard InChI is InChI=1S/C12H14O6S2/c1-6(13)5-12(2,3)18-7(14)4-8-19-9-10(20-8)17-11(15)16-9/h4,9-10H,5H2,1-3H3. The van der Waals surface area contributed by atoms with Gasteiger partial charge < -0.3 is 14.2 Å². The lowest BCUT2D eigenvalue weighted by Crippen LogP contribution is -2.29. The first-order valence-electron chi connectivity index (χ1n) is 5.90. The van der Waals surface area contributed by atoms with Crippen LogP contribution in [0.3, 0.4) is 0 Å². The third-order valence-electron chi connectivity index (χ3n) is 2.40. The van der Waals surface area contributed by atoms with Crippen LogP contribution < -0.4 is 0 Å². The smallest absolute Gasteiger partial charge is 0.456 e. The lowest BCUT2D eigenvalue weighted by atomic mass is 10.0. The molecule has 20 heavy (non-hydrogen) atoms. The predicted molar refractivity (Wildman–Crippen MR) is 73.9 cm³/mol. The van der Waals surface area contributed by atoms with E-state index in [2.05, 4.69) is 0 Å². The molecule has 0 aliphatic carbocycles. The van der Waals surface area contributed by atoms with Gasteiger partial charge in [0.15, 0.2) is 0 Å². The molecular formula is C12H14O6S2. The molecule has 0 saturated carbocycles. The van der Waals surface area contributed by atoms with Gasteiger partial charge in [0.05, 0.1) is 4.24 Å². The number of hydrogen-bond acceptors (Lipinski definition) is 8. The maximum atomic E-state index is 11.8. The van der Waals surface area contributed by atoms with Crippen LogP contribution in [0.4, 0.5) is 4.79 Å². The molecule has 2 heterocycles. The molecular weight excluding hydrogens is 304 g/mol. The maximum Gasteiger partial charge on any atom is 0.510 e. The van der Waals surface area contributed by atoms with Crippen LogP contribution in [0.1, 0.15) is 27.2 Å². The van der Waals surface area contributed by atoms with Gasteiger partial charge in [-0.05, 0) is 20.8 Å². The summed E-state index contributed by atoms with van der Waals surface area (Å²) >= 11 is 2.48. The minimum Gasteiger partial charge on any atom is -0.456 e. The monoisotopic (exact) mass is 318 g/mol. The highest BCUT2D eigenvalue weighted by atomic mass is 32.2. The van der Waals surface area contributed by atoms with Crippen molar-refractivity contribution < 1.29 is 28.6 Å². The van der Waals surface area contributed by atoms with Gasteiger partial charge >= 0.3 is 12.1 Å². The Kier molecular flexibility index (Phi) is 4.33. The van der Waals surface area contributed by atoms with Gasteiger partial charge in [0.1, 0.15) is 11.4 Å². The Labute approximate surface area is 124 Å². The van der Waals surface area contributed by atoms with Gasteiger partial charge in [0.25, 0.3) is 0 Å². The summed E-state index contributed by atoms with van der Waals surface area (Å²) in [7, 11) is 0. The predicted octanol–water partition coefficient (Wildman–Crippen LogP) is 2.43. The van der Waals surface area contributed by atoms with Crippen LogP contribution in [0.2, 0.25) is 0 Å². The molecule has 0 aromatic heterocycles. The van der Waals surface area contributed by atoms with E-state index >= 15 is 0 Å². The van der Waals surface area contributed by atoms with Crippen molar-refractivity contribution in [1.29, 1.82) is 0 Å². The fourth-order valence-electron chi connectivity index (χ4n) is 1.85. The van der Waals surface area contributed by atoms with Gasteiger partial charge in [0, 0.05) is 12.5 Å². The van der Waals surface area contributed by atoms with Crippen molar-refractivity contribution in [3.63, 3.8) is 0 Å². The number of Topliss-reactive ketones (excluding diaryl/α,β-unsaturated/α-hetero) is 1. The zero-order valence-electron chi connectivity index (χ0n) is 11.2. The van der Waals surface area contributed by atoms with E-state index in [4.69, 9.17) is 14.2 Å². The maximum absolute atomic E-state index is 11.8. The molecule has 0 aromatic carbocycles. The number of carbonyl (C=O) groups excluding carboxylic acids is 3. The van der Waals surface area contributed by atoms with E-state index in [-0.39, 0.29) is 12.2 Å². The first-order chi connectivity index (χ1) is 9.25. The van der Waals surface area contributed by atoms with E-state index < -0.39 is 28.6 Å². The van der Waals surface area contributed by atoms with Crippen molar-refractivity contribution in [3.05, 3.63) is 10.3 Å². The highest BCUT2D eigenvalue weighted by Crippen LogP contribution is 2.50. The number of ketones is 1. The Bertz CT molecular complexity index is 466. The number of hydrogen-bond donors (Lipinski definition) is 0. The van der Waals surface area contributed by atoms with E-state index in [9.17, 15) is 14.4 Å². The molecule has 2 atom stereocenters. The zero-order chi connectivity index (χ0) is 14.9. The summed E-state index contributed by atoms with van der Waals surface area (Å²) < 4.78 is 15.7. The highest BCUT2D eigenvalue weighted by Gasteiger charge is 2.44. The van der Waals surface area contributed by atoms with Crippen LogP contribution in [0.25, 0.3) is 0 Å². The molecule has 110 valence electrons. The normalized spacial score (nSPS) is 24.8. The second-order valence-corrected chi connectivity index (χ2v) is 7.52. The third-order valence-corrected chi connectivity index (χ3v) is 5.00. The van der Waals surface area contributed by atoms with Gasteiger partial charge in [-0.25, -0.2) is 9.59 Å². The first-order valence-corrected chi connectivity index (χ1v) is 7.66. The number of rotatable bonds is 4.